The maximum atomic E-state index is 5.89. The van der Waals surface area contributed by atoms with Crippen LogP contribution in [0, 0.1) is 0 Å². The van der Waals surface area contributed by atoms with E-state index in [4.69, 9.17) is 10.5 Å². The van der Waals surface area contributed by atoms with E-state index in [2.05, 4.69) is 5.32 Å². The van der Waals surface area contributed by atoms with Crippen LogP contribution in [0.1, 0.15) is 12.5 Å². The van der Waals surface area contributed by atoms with E-state index in [9.17, 15) is 0 Å². The zero-order valence-corrected chi connectivity index (χ0v) is 10.5. The maximum Gasteiger partial charge on any atom is 0.119 e. The van der Waals surface area contributed by atoms with Crippen molar-refractivity contribution in [3.05, 3.63) is 54.1 Å². The first-order valence-corrected chi connectivity index (χ1v) is 6.09. The molecule has 0 bridgehead atoms. The van der Waals surface area contributed by atoms with Crippen LogP contribution >= 0.6 is 0 Å². The van der Waals surface area contributed by atoms with Gasteiger partial charge >= 0.3 is 0 Å². The Morgan fingerprint density at radius 1 is 1.06 bits per heavy atom. The van der Waals surface area contributed by atoms with Crippen molar-refractivity contribution >= 4 is 11.4 Å². The van der Waals surface area contributed by atoms with E-state index in [0.29, 0.717) is 6.61 Å². The average Bonchev–Trinajstić information content (AvgIpc) is 2.40. The van der Waals surface area contributed by atoms with Gasteiger partial charge in [-0.2, -0.15) is 0 Å². The molecule has 3 heteroatoms. The van der Waals surface area contributed by atoms with Crippen LogP contribution in [0.2, 0.25) is 0 Å². The highest BCUT2D eigenvalue weighted by Crippen LogP contribution is 2.17. The van der Waals surface area contributed by atoms with Crippen LogP contribution in [-0.2, 0) is 6.54 Å². The minimum Gasteiger partial charge on any atom is -0.494 e. The molecule has 0 saturated carbocycles. The Morgan fingerprint density at radius 3 is 2.44 bits per heavy atom. The molecule has 0 aromatic heterocycles. The van der Waals surface area contributed by atoms with E-state index in [1.54, 1.807) is 0 Å². The smallest absolute Gasteiger partial charge is 0.119 e. The third-order valence-corrected chi connectivity index (χ3v) is 2.70. The number of nitrogen functional groups attached to an aromatic ring is 1. The van der Waals surface area contributed by atoms with Gasteiger partial charge in [-0.3, -0.25) is 0 Å². The van der Waals surface area contributed by atoms with E-state index >= 15 is 0 Å². The third kappa shape index (κ3) is 3.17. The van der Waals surface area contributed by atoms with Gasteiger partial charge in [-0.15, -0.1) is 0 Å². The third-order valence-electron chi connectivity index (χ3n) is 2.70. The maximum absolute atomic E-state index is 5.89. The number of benzene rings is 2. The van der Waals surface area contributed by atoms with Crippen LogP contribution in [0.25, 0.3) is 0 Å². The van der Waals surface area contributed by atoms with Gasteiger partial charge < -0.3 is 15.8 Å². The summed E-state index contributed by atoms with van der Waals surface area (Å²) in [5, 5.41) is 3.34. The molecule has 0 aliphatic rings. The van der Waals surface area contributed by atoms with Crippen molar-refractivity contribution in [2.24, 2.45) is 0 Å². The van der Waals surface area contributed by atoms with E-state index in [0.717, 1.165) is 29.2 Å². The Morgan fingerprint density at radius 2 is 1.78 bits per heavy atom. The number of ether oxygens (including phenoxy) is 1. The van der Waals surface area contributed by atoms with Crippen LogP contribution in [0.3, 0.4) is 0 Å². The number of nitrogens with two attached hydrogens (primary N) is 1. The second-order valence-electron chi connectivity index (χ2n) is 4.01. The highest BCUT2D eigenvalue weighted by Gasteiger charge is 1.98. The molecule has 0 atom stereocenters. The summed E-state index contributed by atoms with van der Waals surface area (Å²) < 4.78 is 5.39. The molecule has 18 heavy (non-hydrogen) atoms. The molecular formula is C15H18N2O. The van der Waals surface area contributed by atoms with Crippen LogP contribution in [0.4, 0.5) is 11.4 Å². The van der Waals surface area contributed by atoms with Crippen LogP contribution in [-0.4, -0.2) is 6.61 Å². The van der Waals surface area contributed by atoms with Crippen molar-refractivity contribution in [3.8, 4) is 5.75 Å². The minimum absolute atomic E-state index is 0.688. The standard InChI is InChI=1S/C15H18N2O/c1-2-18-14-9-7-13(8-10-14)17-11-12-5-3-4-6-15(12)16/h3-10,17H,2,11,16H2,1H3. The summed E-state index contributed by atoms with van der Waals surface area (Å²) >= 11 is 0. The topological polar surface area (TPSA) is 47.3 Å². The first-order valence-electron chi connectivity index (χ1n) is 6.09. The summed E-state index contributed by atoms with van der Waals surface area (Å²) in [6, 6.07) is 15.8. The summed E-state index contributed by atoms with van der Waals surface area (Å²) in [5.74, 6) is 0.891. The van der Waals surface area contributed by atoms with Gasteiger partial charge in [-0.05, 0) is 42.8 Å². The molecule has 0 radical (unpaired) electrons. The fourth-order valence-electron chi connectivity index (χ4n) is 1.73. The second kappa shape index (κ2) is 5.96. The molecule has 3 N–H and O–H groups in total. The molecule has 0 spiro atoms. The van der Waals surface area contributed by atoms with E-state index < -0.39 is 0 Å². The van der Waals surface area contributed by atoms with Gasteiger partial charge in [-0.1, -0.05) is 18.2 Å². The van der Waals surface area contributed by atoms with Crippen molar-refractivity contribution < 1.29 is 4.74 Å². The van der Waals surface area contributed by atoms with Gasteiger partial charge in [-0.25, -0.2) is 0 Å². The summed E-state index contributed by atoms with van der Waals surface area (Å²) in [7, 11) is 0. The Labute approximate surface area is 108 Å². The Hall–Kier alpha value is -2.16. The lowest BCUT2D eigenvalue weighted by atomic mass is 10.2. The number of rotatable bonds is 5. The molecule has 0 saturated heterocycles. The lowest BCUT2D eigenvalue weighted by Gasteiger charge is -2.09. The van der Waals surface area contributed by atoms with Crippen molar-refractivity contribution in [2.45, 2.75) is 13.5 Å². The summed E-state index contributed by atoms with van der Waals surface area (Å²) in [6.07, 6.45) is 0. The van der Waals surface area contributed by atoms with Crippen LogP contribution in [0.5, 0.6) is 5.75 Å². The molecule has 0 heterocycles. The monoisotopic (exact) mass is 242 g/mol. The Kier molecular flexibility index (Phi) is 4.07. The number of para-hydroxylation sites is 1. The number of anilines is 2. The summed E-state index contributed by atoms with van der Waals surface area (Å²) in [6.45, 7) is 3.39. The first-order chi connectivity index (χ1) is 8.79. The summed E-state index contributed by atoms with van der Waals surface area (Å²) in [5.41, 5.74) is 8.86. The van der Waals surface area contributed by atoms with Crippen LogP contribution in [0.15, 0.2) is 48.5 Å². The predicted octanol–water partition coefficient (Wildman–Crippen LogP) is 3.28. The van der Waals surface area contributed by atoms with Gasteiger partial charge in [0, 0.05) is 17.9 Å². The normalized spacial score (nSPS) is 10.1. The molecule has 0 aliphatic heterocycles. The highest BCUT2D eigenvalue weighted by molar-refractivity contribution is 5.51. The fraction of sp³-hybridized carbons (Fsp3) is 0.200. The minimum atomic E-state index is 0.688. The van der Waals surface area contributed by atoms with E-state index in [1.165, 1.54) is 0 Å². The second-order valence-corrected chi connectivity index (χ2v) is 4.01. The molecule has 2 aromatic rings. The molecule has 0 amide bonds. The fourth-order valence-corrected chi connectivity index (χ4v) is 1.73. The quantitative estimate of drug-likeness (QED) is 0.791. The van der Waals surface area contributed by atoms with E-state index in [1.807, 2.05) is 55.5 Å². The van der Waals surface area contributed by atoms with Gasteiger partial charge in [0.2, 0.25) is 0 Å². The van der Waals surface area contributed by atoms with Crippen molar-refractivity contribution in [1.29, 1.82) is 0 Å². The van der Waals surface area contributed by atoms with Crippen molar-refractivity contribution in [2.75, 3.05) is 17.7 Å². The molecule has 94 valence electrons. The van der Waals surface area contributed by atoms with Crippen LogP contribution < -0.4 is 15.8 Å². The molecule has 2 rings (SSSR count). The average molecular weight is 242 g/mol. The summed E-state index contributed by atoms with van der Waals surface area (Å²) in [4.78, 5) is 0. The van der Waals surface area contributed by atoms with Gasteiger partial charge in [0.15, 0.2) is 0 Å². The largest absolute Gasteiger partial charge is 0.494 e. The highest BCUT2D eigenvalue weighted by atomic mass is 16.5. The van der Waals surface area contributed by atoms with Crippen molar-refractivity contribution in [1.82, 2.24) is 0 Å². The van der Waals surface area contributed by atoms with Crippen molar-refractivity contribution in [3.63, 3.8) is 0 Å². The number of hydrogen-bond acceptors (Lipinski definition) is 3. The molecule has 0 unspecified atom stereocenters. The van der Waals surface area contributed by atoms with E-state index in [-0.39, 0.29) is 0 Å². The molecule has 0 fully saturated rings. The molecular weight excluding hydrogens is 224 g/mol. The molecule has 0 aliphatic carbocycles. The first kappa shape index (κ1) is 12.3. The van der Waals surface area contributed by atoms with Gasteiger partial charge in [0.05, 0.1) is 6.61 Å². The van der Waals surface area contributed by atoms with Gasteiger partial charge in [0.25, 0.3) is 0 Å². The zero-order valence-electron chi connectivity index (χ0n) is 10.5. The lowest BCUT2D eigenvalue weighted by molar-refractivity contribution is 0.340. The number of nitrogens with one attached hydrogen (secondary N) is 1. The molecule has 3 nitrogen and oxygen atoms in total. The lowest BCUT2D eigenvalue weighted by Crippen LogP contribution is -2.02. The Bertz CT molecular complexity index is 494. The molecule has 2 aromatic carbocycles. The number of hydrogen-bond donors (Lipinski definition) is 2. The Balaban J connectivity index is 1.96. The zero-order chi connectivity index (χ0) is 12.8. The SMILES string of the molecule is CCOc1ccc(NCc2ccccc2N)cc1. The predicted molar refractivity (Wildman–Crippen MR) is 75.8 cm³/mol. The van der Waals surface area contributed by atoms with Gasteiger partial charge in [0.1, 0.15) is 5.75 Å².